The van der Waals surface area contributed by atoms with Gasteiger partial charge in [-0.25, -0.2) is 9.97 Å². The van der Waals surface area contributed by atoms with Crippen molar-refractivity contribution < 1.29 is 5.11 Å². The van der Waals surface area contributed by atoms with Gasteiger partial charge in [-0.3, -0.25) is 0 Å². The number of anilines is 1. The van der Waals surface area contributed by atoms with E-state index in [-0.39, 0.29) is 12.1 Å². The molecule has 0 spiro atoms. The molecule has 2 rings (SSSR count). The third-order valence-electron chi connectivity index (χ3n) is 3.44. The molecule has 18 heavy (non-hydrogen) atoms. The van der Waals surface area contributed by atoms with E-state index in [1.807, 2.05) is 31.4 Å². The summed E-state index contributed by atoms with van der Waals surface area (Å²) in [6.07, 6.45) is 5.57. The van der Waals surface area contributed by atoms with Crippen molar-refractivity contribution in [3.63, 3.8) is 0 Å². The fourth-order valence-electron chi connectivity index (χ4n) is 2.37. The van der Waals surface area contributed by atoms with E-state index in [0.717, 1.165) is 25.3 Å². The highest BCUT2D eigenvalue weighted by Gasteiger charge is 2.33. The quantitative estimate of drug-likeness (QED) is 0.845. The number of hydrogen-bond donors (Lipinski definition) is 1. The summed E-state index contributed by atoms with van der Waals surface area (Å²) in [6.45, 7) is 3.53. The topological polar surface area (TPSA) is 52.5 Å². The van der Waals surface area contributed by atoms with Gasteiger partial charge < -0.3 is 14.9 Å². The highest BCUT2D eigenvalue weighted by molar-refractivity contribution is 5.33. The van der Waals surface area contributed by atoms with Crippen molar-refractivity contribution in [3.8, 4) is 0 Å². The largest absolute Gasteiger partial charge is 0.390 e. The molecule has 1 aliphatic rings. The summed E-state index contributed by atoms with van der Waals surface area (Å²) in [5.74, 6) is 0.721. The smallest absolute Gasteiger partial charge is 0.225 e. The average Bonchev–Trinajstić information content (AvgIpc) is 2.73. The highest BCUT2D eigenvalue weighted by Crippen LogP contribution is 2.19. The Balaban J connectivity index is 2.04. The zero-order valence-corrected chi connectivity index (χ0v) is 11.4. The number of aromatic nitrogens is 2. The number of aliphatic hydroxyl groups is 1. The van der Waals surface area contributed by atoms with Crippen LogP contribution in [0.2, 0.25) is 0 Å². The van der Waals surface area contributed by atoms with Crippen LogP contribution in [0.4, 0.5) is 5.95 Å². The van der Waals surface area contributed by atoms with E-state index in [4.69, 9.17) is 0 Å². The standard InChI is InChI=1S/C13H22N4O/c1-4-5-10-6-14-13(15-7-10)17-8-11(16(2)3)12(18)9-17/h6-7,11-12,18H,4-5,8-9H2,1-3H3/t11-,12-/m0/s1. The lowest BCUT2D eigenvalue weighted by molar-refractivity contribution is 0.114. The lowest BCUT2D eigenvalue weighted by atomic mass is 10.2. The van der Waals surface area contributed by atoms with Gasteiger partial charge in [0.05, 0.1) is 12.1 Å². The number of nitrogens with zero attached hydrogens (tertiary/aromatic N) is 4. The normalized spacial score (nSPS) is 23.9. The molecule has 1 saturated heterocycles. The molecule has 0 saturated carbocycles. The van der Waals surface area contributed by atoms with Crippen LogP contribution in [0.15, 0.2) is 12.4 Å². The molecule has 2 atom stereocenters. The molecular formula is C13H22N4O. The molecule has 0 amide bonds. The minimum atomic E-state index is -0.334. The van der Waals surface area contributed by atoms with Crippen LogP contribution < -0.4 is 4.90 Å². The maximum atomic E-state index is 9.99. The van der Waals surface area contributed by atoms with Gasteiger partial charge in [0.1, 0.15) is 0 Å². The minimum absolute atomic E-state index is 0.156. The van der Waals surface area contributed by atoms with Crippen LogP contribution in [0.3, 0.4) is 0 Å². The second kappa shape index (κ2) is 5.63. The zero-order chi connectivity index (χ0) is 13.1. The van der Waals surface area contributed by atoms with Crippen LogP contribution in [-0.4, -0.2) is 59.3 Å². The number of rotatable bonds is 4. The first-order chi connectivity index (χ1) is 8.61. The van der Waals surface area contributed by atoms with E-state index >= 15 is 0 Å². The molecule has 100 valence electrons. The Morgan fingerprint density at radius 1 is 1.33 bits per heavy atom. The molecule has 1 aromatic rings. The molecule has 1 fully saturated rings. The van der Waals surface area contributed by atoms with Gasteiger partial charge in [0.15, 0.2) is 0 Å². The molecule has 0 radical (unpaired) electrons. The third-order valence-corrected chi connectivity index (χ3v) is 3.44. The van der Waals surface area contributed by atoms with Gasteiger partial charge in [-0.1, -0.05) is 13.3 Å². The Bertz CT molecular complexity index is 379. The van der Waals surface area contributed by atoms with E-state index in [2.05, 4.69) is 21.8 Å². The summed E-state index contributed by atoms with van der Waals surface area (Å²) < 4.78 is 0. The first kappa shape index (κ1) is 13.2. The van der Waals surface area contributed by atoms with Crippen molar-refractivity contribution in [2.45, 2.75) is 31.9 Å². The van der Waals surface area contributed by atoms with E-state index in [1.165, 1.54) is 5.56 Å². The summed E-state index contributed by atoms with van der Waals surface area (Å²) >= 11 is 0. The summed E-state index contributed by atoms with van der Waals surface area (Å²) in [7, 11) is 3.98. The molecule has 0 aliphatic carbocycles. The van der Waals surface area contributed by atoms with Gasteiger partial charge in [0.25, 0.3) is 0 Å². The van der Waals surface area contributed by atoms with Crippen molar-refractivity contribution in [2.24, 2.45) is 0 Å². The van der Waals surface area contributed by atoms with Crippen LogP contribution >= 0.6 is 0 Å². The molecule has 1 N–H and O–H groups in total. The van der Waals surface area contributed by atoms with Gasteiger partial charge in [-0.15, -0.1) is 0 Å². The Morgan fingerprint density at radius 3 is 2.50 bits per heavy atom. The first-order valence-electron chi connectivity index (χ1n) is 6.52. The monoisotopic (exact) mass is 250 g/mol. The molecular weight excluding hydrogens is 228 g/mol. The minimum Gasteiger partial charge on any atom is -0.390 e. The Morgan fingerprint density at radius 2 is 2.00 bits per heavy atom. The molecule has 0 aromatic carbocycles. The van der Waals surface area contributed by atoms with Gasteiger partial charge in [-0.05, 0) is 26.1 Å². The van der Waals surface area contributed by atoms with Crippen LogP contribution in [0.25, 0.3) is 0 Å². The lowest BCUT2D eigenvalue weighted by Gasteiger charge is -2.21. The van der Waals surface area contributed by atoms with Crippen LogP contribution in [0, 0.1) is 0 Å². The third kappa shape index (κ3) is 2.79. The van der Waals surface area contributed by atoms with Crippen LogP contribution in [0.1, 0.15) is 18.9 Å². The molecule has 0 bridgehead atoms. The summed E-state index contributed by atoms with van der Waals surface area (Å²) in [5, 5.41) is 9.99. The lowest BCUT2D eigenvalue weighted by Crippen LogP contribution is -2.38. The van der Waals surface area contributed by atoms with Crippen LogP contribution in [-0.2, 0) is 6.42 Å². The number of β-amino-alcohol motifs (C(OH)–C–C–N with tert-alkyl or cyclic N) is 1. The van der Waals surface area contributed by atoms with Crippen molar-refractivity contribution in [1.29, 1.82) is 0 Å². The Labute approximate surface area is 108 Å². The second-order valence-electron chi connectivity index (χ2n) is 5.14. The summed E-state index contributed by atoms with van der Waals surface area (Å²) in [4.78, 5) is 12.9. The fourth-order valence-corrected chi connectivity index (χ4v) is 2.37. The first-order valence-corrected chi connectivity index (χ1v) is 6.52. The van der Waals surface area contributed by atoms with Gasteiger partial charge >= 0.3 is 0 Å². The number of likely N-dealkylation sites (N-methyl/N-ethyl adjacent to an activating group) is 1. The Hall–Kier alpha value is -1.20. The number of aryl methyl sites for hydroxylation is 1. The SMILES string of the molecule is CCCc1cnc(N2C[C@H](O)[C@@H](N(C)C)C2)nc1. The Kier molecular flexibility index (Phi) is 4.14. The van der Waals surface area contributed by atoms with Crippen molar-refractivity contribution in [2.75, 3.05) is 32.1 Å². The molecule has 1 aromatic heterocycles. The maximum absolute atomic E-state index is 9.99. The van der Waals surface area contributed by atoms with E-state index < -0.39 is 0 Å². The van der Waals surface area contributed by atoms with E-state index in [0.29, 0.717) is 6.54 Å². The second-order valence-corrected chi connectivity index (χ2v) is 5.14. The average molecular weight is 250 g/mol. The van der Waals surface area contributed by atoms with Gasteiger partial charge in [-0.2, -0.15) is 0 Å². The molecule has 5 heteroatoms. The molecule has 1 aliphatic heterocycles. The molecule has 2 heterocycles. The van der Waals surface area contributed by atoms with Gasteiger partial charge in [0.2, 0.25) is 5.95 Å². The molecule has 5 nitrogen and oxygen atoms in total. The number of aliphatic hydroxyl groups excluding tert-OH is 1. The summed E-state index contributed by atoms with van der Waals surface area (Å²) in [5.41, 5.74) is 1.17. The highest BCUT2D eigenvalue weighted by atomic mass is 16.3. The predicted molar refractivity (Wildman–Crippen MR) is 71.7 cm³/mol. The van der Waals surface area contributed by atoms with Crippen LogP contribution in [0.5, 0.6) is 0 Å². The van der Waals surface area contributed by atoms with Crippen molar-refractivity contribution in [3.05, 3.63) is 18.0 Å². The van der Waals surface area contributed by atoms with E-state index in [1.54, 1.807) is 0 Å². The van der Waals surface area contributed by atoms with Crippen molar-refractivity contribution in [1.82, 2.24) is 14.9 Å². The zero-order valence-electron chi connectivity index (χ0n) is 11.4. The van der Waals surface area contributed by atoms with Gasteiger partial charge in [0, 0.05) is 25.5 Å². The summed E-state index contributed by atoms with van der Waals surface area (Å²) in [6, 6.07) is 0.156. The van der Waals surface area contributed by atoms with Crippen molar-refractivity contribution >= 4 is 5.95 Å². The van der Waals surface area contributed by atoms with E-state index in [9.17, 15) is 5.11 Å². The number of hydrogen-bond acceptors (Lipinski definition) is 5. The maximum Gasteiger partial charge on any atom is 0.225 e. The molecule has 0 unspecified atom stereocenters. The fraction of sp³-hybridized carbons (Fsp3) is 0.692. The predicted octanol–water partition coefficient (Wildman–Crippen LogP) is 0.540.